The largest absolute Gasteiger partial charge is 0.461 e. The van der Waals surface area contributed by atoms with Gasteiger partial charge in [0.15, 0.2) is 0 Å². The van der Waals surface area contributed by atoms with Crippen LogP contribution in [0.1, 0.15) is 55.2 Å². The van der Waals surface area contributed by atoms with E-state index in [-0.39, 0.29) is 24.5 Å². The standard InChI is InChI=1S/C18H27NO2/c1-12-8-9-16(13(2)10-12)18(15-6-4-5-7-15)14(3)21-17(20)11-19/h8-10,14-15,18H,4-7,11,19H2,1-3H3. The van der Waals surface area contributed by atoms with Crippen LogP contribution in [0.3, 0.4) is 0 Å². The van der Waals surface area contributed by atoms with E-state index in [1.54, 1.807) is 0 Å². The molecule has 0 bridgehead atoms. The van der Waals surface area contributed by atoms with E-state index in [2.05, 4.69) is 32.0 Å². The molecule has 0 spiro atoms. The minimum atomic E-state index is -0.310. The third-order valence-corrected chi connectivity index (χ3v) is 4.68. The fraction of sp³-hybridized carbons (Fsp3) is 0.611. The van der Waals surface area contributed by atoms with Gasteiger partial charge in [0, 0.05) is 5.92 Å². The summed E-state index contributed by atoms with van der Waals surface area (Å²) < 4.78 is 5.55. The highest BCUT2D eigenvalue weighted by Gasteiger charge is 2.33. The summed E-state index contributed by atoms with van der Waals surface area (Å²) in [7, 11) is 0. The normalized spacial score (nSPS) is 18.5. The lowest BCUT2D eigenvalue weighted by molar-refractivity contribution is -0.148. The maximum Gasteiger partial charge on any atom is 0.319 e. The molecular weight excluding hydrogens is 262 g/mol. The molecule has 1 aromatic carbocycles. The molecule has 2 atom stereocenters. The number of carbonyl (C=O) groups excluding carboxylic acids is 1. The van der Waals surface area contributed by atoms with Gasteiger partial charge in [-0.2, -0.15) is 0 Å². The average Bonchev–Trinajstić information content (AvgIpc) is 2.95. The predicted molar refractivity (Wildman–Crippen MR) is 85.2 cm³/mol. The number of ether oxygens (including phenoxy) is 1. The van der Waals surface area contributed by atoms with Crippen molar-refractivity contribution in [3.05, 3.63) is 34.9 Å². The highest BCUT2D eigenvalue weighted by molar-refractivity contribution is 5.71. The highest BCUT2D eigenvalue weighted by atomic mass is 16.5. The molecule has 2 rings (SSSR count). The SMILES string of the molecule is Cc1ccc(C(C2CCCC2)C(C)OC(=O)CN)c(C)c1. The van der Waals surface area contributed by atoms with E-state index in [4.69, 9.17) is 10.5 Å². The molecule has 1 fully saturated rings. The van der Waals surface area contributed by atoms with Crippen molar-refractivity contribution >= 4 is 5.97 Å². The molecule has 3 nitrogen and oxygen atoms in total. The molecule has 1 saturated carbocycles. The Morgan fingerprint density at radius 2 is 2.00 bits per heavy atom. The Balaban J connectivity index is 2.28. The van der Waals surface area contributed by atoms with Crippen LogP contribution >= 0.6 is 0 Å². The van der Waals surface area contributed by atoms with Gasteiger partial charge in [0.05, 0.1) is 6.54 Å². The van der Waals surface area contributed by atoms with Gasteiger partial charge in [0.2, 0.25) is 0 Å². The van der Waals surface area contributed by atoms with Crippen LogP contribution in [-0.4, -0.2) is 18.6 Å². The van der Waals surface area contributed by atoms with Crippen LogP contribution in [0.4, 0.5) is 0 Å². The van der Waals surface area contributed by atoms with Gasteiger partial charge in [0.25, 0.3) is 0 Å². The average molecular weight is 289 g/mol. The first-order chi connectivity index (χ1) is 10.0. The van der Waals surface area contributed by atoms with Gasteiger partial charge >= 0.3 is 5.97 Å². The van der Waals surface area contributed by atoms with Crippen LogP contribution in [0.15, 0.2) is 18.2 Å². The molecule has 0 radical (unpaired) electrons. The zero-order chi connectivity index (χ0) is 15.4. The Morgan fingerprint density at radius 3 is 2.57 bits per heavy atom. The number of esters is 1. The van der Waals surface area contributed by atoms with Crippen molar-refractivity contribution in [3.63, 3.8) is 0 Å². The molecule has 0 saturated heterocycles. The number of benzene rings is 1. The molecule has 0 aromatic heterocycles. The maximum absolute atomic E-state index is 11.6. The van der Waals surface area contributed by atoms with Gasteiger partial charge < -0.3 is 10.5 Å². The molecule has 2 N–H and O–H groups in total. The van der Waals surface area contributed by atoms with E-state index in [9.17, 15) is 4.79 Å². The Kier molecular flexibility index (Phi) is 5.40. The fourth-order valence-corrected chi connectivity index (χ4v) is 3.73. The zero-order valence-electron chi connectivity index (χ0n) is 13.4. The van der Waals surface area contributed by atoms with Crippen molar-refractivity contribution in [2.24, 2.45) is 11.7 Å². The van der Waals surface area contributed by atoms with Crippen LogP contribution in [0.5, 0.6) is 0 Å². The third-order valence-electron chi connectivity index (χ3n) is 4.68. The minimum Gasteiger partial charge on any atom is -0.461 e. The van der Waals surface area contributed by atoms with Gasteiger partial charge in [-0.1, -0.05) is 36.6 Å². The molecule has 0 aliphatic heterocycles. The number of hydrogen-bond acceptors (Lipinski definition) is 3. The monoisotopic (exact) mass is 289 g/mol. The first-order valence-corrected chi connectivity index (χ1v) is 7.99. The third kappa shape index (κ3) is 3.85. The van der Waals surface area contributed by atoms with Crippen molar-refractivity contribution in [2.75, 3.05) is 6.54 Å². The molecule has 0 amide bonds. The summed E-state index contributed by atoms with van der Waals surface area (Å²) in [5.41, 5.74) is 9.28. The van der Waals surface area contributed by atoms with Crippen LogP contribution in [0.2, 0.25) is 0 Å². The summed E-state index contributed by atoms with van der Waals surface area (Å²) in [6, 6.07) is 6.58. The van der Waals surface area contributed by atoms with Gasteiger partial charge in [-0.3, -0.25) is 4.79 Å². The van der Waals surface area contributed by atoms with Gasteiger partial charge in [-0.25, -0.2) is 0 Å². The maximum atomic E-state index is 11.6. The molecule has 116 valence electrons. The number of aryl methyl sites for hydroxylation is 2. The Labute approximate surface area is 127 Å². The summed E-state index contributed by atoms with van der Waals surface area (Å²) in [5, 5.41) is 0. The van der Waals surface area contributed by atoms with E-state index in [1.165, 1.54) is 42.4 Å². The van der Waals surface area contributed by atoms with E-state index in [1.807, 2.05) is 6.92 Å². The first kappa shape index (κ1) is 16.0. The summed E-state index contributed by atoms with van der Waals surface area (Å²) in [6.45, 7) is 6.23. The quantitative estimate of drug-likeness (QED) is 0.844. The second-order valence-electron chi connectivity index (χ2n) is 6.33. The zero-order valence-corrected chi connectivity index (χ0v) is 13.4. The fourth-order valence-electron chi connectivity index (χ4n) is 3.73. The van der Waals surface area contributed by atoms with E-state index < -0.39 is 0 Å². The topological polar surface area (TPSA) is 52.3 Å². The second-order valence-corrected chi connectivity index (χ2v) is 6.33. The molecule has 1 aromatic rings. The Morgan fingerprint density at radius 1 is 1.33 bits per heavy atom. The molecule has 21 heavy (non-hydrogen) atoms. The van der Waals surface area contributed by atoms with Crippen molar-refractivity contribution in [3.8, 4) is 0 Å². The van der Waals surface area contributed by atoms with Crippen LogP contribution < -0.4 is 5.73 Å². The summed E-state index contributed by atoms with van der Waals surface area (Å²) in [5.74, 6) is 0.575. The lowest BCUT2D eigenvalue weighted by atomic mass is 9.79. The number of nitrogens with two attached hydrogens (primary N) is 1. The molecule has 3 heteroatoms. The second kappa shape index (κ2) is 7.08. The minimum absolute atomic E-state index is 0.0470. The lowest BCUT2D eigenvalue weighted by Crippen LogP contribution is -2.30. The Bertz CT molecular complexity index is 492. The van der Waals surface area contributed by atoms with Crippen LogP contribution in [-0.2, 0) is 9.53 Å². The first-order valence-electron chi connectivity index (χ1n) is 7.99. The predicted octanol–water partition coefficient (Wildman–Crippen LogP) is 3.47. The van der Waals surface area contributed by atoms with E-state index >= 15 is 0 Å². The van der Waals surface area contributed by atoms with Crippen molar-refractivity contribution < 1.29 is 9.53 Å². The highest BCUT2D eigenvalue weighted by Crippen LogP contribution is 2.41. The van der Waals surface area contributed by atoms with Crippen LogP contribution in [0.25, 0.3) is 0 Å². The molecule has 0 heterocycles. The van der Waals surface area contributed by atoms with Crippen molar-refractivity contribution in [1.29, 1.82) is 0 Å². The van der Waals surface area contributed by atoms with Crippen LogP contribution in [0, 0.1) is 19.8 Å². The molecule has 1 aliphatic carbocycles. The van der Waals surface area contributed by atoms with E-state index in [0.29, 0.717) is 5.92 Å². The number of hydrogen-bond donors (Lipinski definition) is 1. The molecule has 2 unspecified atom stereocenters. The number of carbonyl (C=O) groups is 1. The van der Waals surface area contributed by atoms with Gasteiger partial charge in [0.1, 0.15) is 6.10 Å². The summed E-state index contributed by atoms with van der Waals surface area (Å²) in [6.07, 6.45) is 4.89. The Hall–Kier alpha value is -1.35. The van der Waals surface area contributed by atoms with Gasteiger partial charge in [-0.05, 0) is 50.7 Å². The van der Waals surface area contributed by atoms with Crippen molar-refractivity contribution in [1.82, 2.24) is 0 Å². The molecule has 1 aliphatic rings. The number of rotatable bonds is 5. The summed E-state index contributed by atoms with van der Waals surface area (Å²) in [4.78, 5) is 11.6. The van der Waals surface area contributed by atoms with Gasteiger partial charge in [-0.15, -0.1) is 0 Å². The smallest absolute Gasteiger partial charge is 0.319 e. The van der Waals surface area contributed by atoms with E-state index in [0.717, 1.165) is 0 Å². The lowest BCUT2D eigenvalue weighted by Gasteiger charge is -2.31. The summed E-state index contributed by atoms with van der Waals surface area (Å²) >= 11 is 0. The molecular formula is C18H27NO2. The van der Waals surface area contributed by atoms with Crippen molar-refractivity contribution in [2.45, 2.75) is 58.5 Å².